The Bertz CT molecular complexity index is 432. The van der Waals surface area contributed by atoms with Crippen LogP contribution in [0, 0.1) is 0 Å². The first-order valence-electron chi connectivity index (χ1n) is 6.65. The smallest absolute Gasteiger partial charge is 0.369 e. The SMILES string of the molecule is COC(=O)[C@@]12O[C@H]3COC(C)(C)O[C@H]3[C@@H]1OC(C)(C)O2. The molecule has 20 heavy (non-hydrogen) atoms. The molecule has 3 fully saturated rings. The molecule has 0 spiro atoms. The fraction of sp³-hybridized carbons (Fsp3) is 0.923. The minimum Gasteiger partial charge on any atom is -0.465 e. The van der Waals surface area contributed by atoms with Crippen LogP contribution >= 0.6 is 0 Å². The molecular formula is C13H20O7. The van der Waals surface area contributed by atoms with Crippen LogP contribution in [-0.2, 0) is 33.2 Å². The molecule has 7 nitrogen and oxygen atoms in total. The van der Waals surface area contributed by atoms with E-state index in [1.54, 1.807) is 13.8 Å². The van der Waals surface area contributed by atoms with Crippen LogP contribution < -0.4 is 0 Å². The van der Waals surface area contributed by atoms with Crippen molar-refractivity contribution in [2.24, 2.45) is 0 Å². The standard InChI is InChI=1S/C13H20O7/c1-11(2)16-6-7-8(18-11)9-13(17-7,10(14)15-5)20-12(3,4)19-9/h7-9H,6H2,1-5H3/t7-,8+,9-,13+/m0/s1. The third-order valence-corrected chi connectivity index (χ3v) is 3.66. The lowest BCUT2D eigenvalue weighted by atomic mass is 10.0. The number of carbonyl (C=O) groups excluding carboxylic acids is 1. The van der Waals surface area contributed by atoms with Crippen LogP contribution in [0.2, 0.25) is 0 Å². The second-order valence-electron chi connectivity index (χ2n) is 6.15. The average molecular weight is 288 g/mol. The maximum Gasteiger partial charge on any atom is 0.369 e. The summed E-state index contributed by atoms with van der Waals surface area (Å²) >= 11 is 0. The van der Waals surface area contributed by atoms with E-state index in [0.717, 1.165) is 0 Å². The molecule has 0 aromatic heterocycles. The van der Waals surface area contributed by atoms with Gasteiger partial charge in [0.05, 0.1) is 13.7 Å². The van der Waals surface area contributed by atoms with Crippen LogP contribution in [0.15, 0.2) is 0 Å². The molecule has 0 radical (unpaired) electrons. The fourth-order valence-corrected chi connectivity index (χ4v) is 2.95. The average Bonchev–Trinajstić information content (AvgIpc) is 2.76. The Balaban J connectivity index is 1.95. The summed E-state index contributed by atoms with van der Waals surface area (Å²) in [6, 6.07) is 0. The Hall–Kier alpha value is -0.730. The number of fused-ring (bicyclic) bond motifs is 3. The first-order valence-corrected chi connectivity index (χ1v) is 6.65. The molecule has 0 aromatic carbocycles. The summed E-state index contributed by atoms with van der Waals surface area (Å²) in [7, 11) is 1.29. The van der Waals surface area contributed by atoms with Crippen molar-refractivity contribution in [1.82, 2.24) is 0 Å². The topological polar surface area (TPSA) is 72.5 Å². The first kappa shape index (κ1) is 14.2. The lowest BCUT2D eigenvalue weighted by Gasteiger charge is -2.38. The molecule has 0 aromatic rings. The second kappa shape index (κ2) is 4.14. The van der Waals surface area contributed by atoms with Crippen LogP contribution in [0.25, 0.3) is 0 Å². The van der Waals surface area contributed by atoms with Crippen molar-refractivity contribution in [3.8, 4) is 0 Å². The molecule has 3 rings (SSSR count). The minimum atomic E-state index is -1.59. The van der Waals surface area contributed by atoms with Gasteiger partial charge < -0.3 is 28.4 Å². The van der Waals surface area contributed by atoms with E-state index in [1.165, 1.54) is 7.11 Å². The van der Waals surface area contributed by atoms with E-state index in [2.05, 4.69) is 0 Å². The van der Waals surface area contributed by atoms with Gasteiger partial charge in [0.25, 0.3) is 0 Å². The minimum absolute atomic E-state index is 0.306. The Labute approximate surface area is 117 Å². The zero-order valence-corrected chi connectivity index (χ0v) is 12.3. The third kappa shape index (κ3) is 1.96. The fourth-order valence-electron chi connectivity index (χ4n) is 2.95. The van der Waals surface area contributed by atoms with Crippen molar-refractivity contribution >= 4 is 5.97 Å². The van der Waals surface area contributed by atoms with Crippen LogP contribution in [-0.4, -0.2) is 55.4 Å². The van der Waals surface area contributed by atoms with Crippen LogP contribution in [0.3, 0.4) is 0 Å². The largest absolute Gasteiger partial charge is 0.465 e. The van der Waals surface area contributed by atoms with Gasteiger partial charge in [0.15, 0.2) is 17.7 Å². The molecule has 0 aliphatic carbocycles. The Morgan fingerprint density at radius 3 is 2.45 bits per heavy atom. The predicted molar refractivity (Wildman–Crippen MR) is 64.6 cm³/mol. The van der Waals surface area contributed by atoms with E-state index in [0.29, 0.717) is 6.61 Å². The second-order valence-corrected chi connectivity index (χ2v) is 6.15. The predicted octanol–water partition coefficient (Wildman–Crippen LogP) is 0.557. The number of methoxy groups -OCH3 is 1. The molecule has 0 amide bonds. The molecule has 0 N–H and O–H groups in total. The van der Waals surface area contributed by atoms with E-state index < -0.39 is 41.6 Å². The zero-order valence-electron chi connectivity index (χ0n) is 12.3. The number of esters is 1. The Morgan fingerprint density at radius 1 is 1.10 bits per heavy atom. The highest BCUT2D eigenvalue weighted by Crippen LogP contribution is 2.49. The lowest BCUT2D eigenvalue weighted by molar-refractivity contribution is -0.326. The summed E-state index contributed by atoms with van der Waals surface area (Å²) in [6.45, 7) is 7.36. The summed E-state index contributed by atoms with van der Waals surface area (Å²) < 4.78 is 33.6. The van der Waals surface area contributed by atoms with Gasteiger partial charge in [-0.15, -0.1) is 0 Å². The van der Waals surface area contributed by atoms with Crippen LogP contribution in [0.5, 0.6) is 0 Å². The molecule has 0 unspecified atom stereocenters. The van der Waals surface area contributed by atoms with E-state index >= 15 is 0 Å². The molecular weight excluding hydrogens is 268 g/mol. The van der Waals surface area contributed by atoms with Crippen molar-refractivity contribution in [2.45, 2.75) is 63.4 Å². The van der Waals surface area contributed by atoms with Crippen molar-refractivity contribution in [2.75, 3.05) is 13.7 Å². The molecule has 3 aliphatic rings. The van der Waals surface area contributed by atoms with Gasteiger partial charge in [0.1, 0.15) is 12.2 Å². The number of hydrogen-bond donors (Lipinski definition) is 0. The maximum atomic E-state index is 12.2. The van der Waals surface area contributed by atoms with Gasteiger partial charge in [0.2, 0.25) is 0 Å². The lowest BCUT2D eigenvalue weighted by Crippen LogP contribution is -2.52. The summed E-state index contributed by atoms with van der Waals surface area (Å²) in [6.07, 6.45) is -1.55. The quantitative estimate of drug-likeness (QED) is 0.653. The van der Waals surface area contributed by atoms with E-state index in [-0.39, 0.29) is 0 Å². The highest BCUT2D eigenvalue weighted by molar-refractivity contribution is 5.79. The van der Waals surface area contributed by atoms with Gasteiger partial charge in [-0.3, -0.25) is 0 Å². The van der Waals surface area contributed by atoms with Crippen LogP contribution in [0.1, 0.15) is 27.7 Å². The number of rotatable bonds is 1. The van der Waals surface area contributed by atoms with Gasteiger partial charge in [-0.05, 0) is 27.7 Å². The summed E-state index contributed by atoms with van der Waals surface area (Å²) in [5, 5.41) is 0. The first-order chi connectivity index (χ1) is 9.19. The molecule has 3 heterocycles. The van der Waals surface area contributed by atoms with Crippen molar-refractivity contribution in [3.63, 3.8) is 0 Å². The molecule has 7 heteroatoms. The van der Waals surface area contributed by atoms with Gasteiger partial charge in [-0.2, -0.15) is 0 Å². The summed E-state index contributed by atoms with van der Waals surface area (Å²) in [4.78, 5) is 12.2. The molecule has 114 valence electrons. The molecule has 0 saturated carbocycles. The monoisotopic (exact) mass is 288 g/mol. The Morgan fingerprint density at radius 2 is 1.80 bits per heavy atom. The molecule has 4 atom stereocenters. The highest BCUT2D eigenvalue weighted by Gasteiger charge is 2.71. The Kier molecular flexibility index (Phi) is 2.94. The number of carbonyl (C=O) groups is 1. The van der Waals surface area contributed by atoms with E-state index in [4.69, 9.17) is 28.4 Å². The van der Waals surface area contributed by atoms with Crippen molar-refractivity contribution in [3.05, 3.63) is 0 Å². The van der Waals surface area contributed by atoms with Crippen molar-refractivity contribution in [1.29, 1.82) is 0 Å². The van der Waals surface area contributed by atoms with Gasteiger partial charge in [-0.1, -0.05) is 0 Å². The summed E-state index contributed by atoms with van der Waals surface area (Å²) in [5.74, 6) is -3.91. The molecule has 3 saturated heterocycles. The van der Waals surface area contributed by atoms with Gasteiger partial charge in [-0.25, -0.2) is 4.79 Å². The van der Waals surface area contributed by atoms with Gasteiger partial charge in [0, 0.05) is 0 Å². The molecule has 0 bridgehead atoms. The van der Waals surface area contributed by atoms with Crippen molar-refractivity contribution < 1.29 is 33.2 Å². The number of ether oxygens (including phenoxy) is 6. The maximum absolute atomic E-state index is 12.2. The van der Waals surface area contributed by atoms with Gasteiger partial charge >= 0.3 is 11.8 Å². The summed E-state index contributed by atoms with van der Waals surface area (Å²) in [5.41, 5.74) is 0. The van der Waals surface area contributed by atoms with E-state index in [1.807, 2.05) is 13.8 Å². The van der Waals surface area contributed by atoms with E-state index in [9.17, 15) is 4.79 Å². The van der Waals surface area contributed by atoms with Crippen LogP contribution in [0.4, 0.5) is 0 Å². The number of hydrogen-bond acceptors (Lipinski definition) is 7. The normalized spacial score (nSPS) is 44.8. The molecule has 3 aliphatic heterocycles. The highest BCUT2D eigenvalue weighted by atomic mass is 16.9. The third-order valence-electron chi connectivity index (χ3n) is 3.66. The zero-order chi connectivity index (χ0) is 14.8.